The molecule has 76 valence electrons. The summed E-state index contributed by atoms with van der Waals surface area (Å²) in [5.74, 6) is -1.68. The second kappa shape index (κ2) is 3.63. The van der Waals surface area contributed by atoms with Crippen molar-refractivity contribution >= 4 is 0 Å². The third-order valence-corrected chi connectivity index (χ3v) is 2.45. The van der Waals surface area contributed by atoms with Crippen LogP contribution in [0, 0.1) is 11.6 Å². The van der Waals surface area contributed by atoms with Crippen LogP contribution in [0.5, 0.6) is 0 Å². The number of nitrogens with one attached hydrogen (secondary N) is 1. The molecule has 1 aliphatic rings. The van der Waals surface area contributed by atoms with E-state index in [0.29, 0.717) is 18.5 Å². The zero-order valence-corrected chi connectivity index (χ0v) is 7.50. The van der Waals surface area contributed by atoms with Crippen molar-refractivity contribution in [2.24, 2.45) is 0 Å². The molecule has 1 aromatic rings. The molecule has 14 heavy (non-hydrogen) atoms. The van der Waals surface area contributed by atoms with E-state index < -0.39 is 17.7 Å². The third kappa shape index (κ3) is 1.76. The Labute approximate surface area is 80.6 Å². The minimum Gasteiger partial charge on any atom is -0.392 e. The number of aliphatic hydroxyl groups is 1. The van der Waals surface area contributed by atoms with Crippen molar-refractivity contribution in [3.63, 3.8) is 0 Å². The zero-order valence-electron chi connectivity index (χ0n) is 7.50. The van der Waals surface area contributed by atoms with E-state index in [0.717, 1.165) is 6.07 Å². The van der Waals surface area contributed by atoms with Crippen molar-refractivity contribution in [2.75, 3.05) is 6.54 Å². The summed E-state index contributed by atoms with van der Waals surface area (Å²) in [4.78, 5) is 0. The normalized spacial score (nSPS) is 26.8. The molecule has 0 saturated carbocycles. The van der Waals surface area contributed by atoms with E-state index in [1.807, 2.05) is 0 Å². The smallest absolute Gasteiger partial charge is 0.159 e. The Kier molecular flexibility index (Phi) is 2.48. The van der Waals surface area contributed by atoms with E-state index in [1.165, 1.54) is 12.1 Å². The first-order valence-electron chi connectivity index (χ1n) is 4.53. The Bertz CT molecular complexity index is 343. The number of aliphatic hydroxyl groups excluding tert-OH is 1. The average molecular weight is 199 g/mol. The van der Waals surface area contributed by atoms with Crippen molar-refractivity contribution in [2.45, 2.75) is 18.6 Å². The third-order valence-electron chi connectivity index (χ3n) is 2.45. The molecule has 0 radical (unpaired) electrons. The Morgan fingerprint density at radius 1 is 1.29 bits per heavy atom. The van der Waals surface area contributed by atoms with E-state index in [9.17, 15) is 13.9 Å². The van der Waals surface area contributed by atoms with Crippen LogP contribution in [0.25, 0.3) is 0 Å². The molecule has 0 unspecified atom stereocenters. The van der Waals surface area contributed by atoms with E-state index in [2.05, 4.69) is 5.32 Å². The molecule has 0 aromatic heterocycles. The van der Waals surface area contributed by atoms with Gasteiger partial charge in [-0.25, -0.2) is 8.78 Å². The zero-order chi connectivity index (χ0) is 10.1. The highest BCUT2D eigenvalue weighted by molar-refractivity contribution is 5.22. The van der Waals surface area contributed by atoms with Crippen molar-refractivity contribution < 1.29 is 13.9 Å². The van der Waals surface area contributed by atoms with E-state index in [1.54, 1.807) is 0 Å². The number of rotatable bonds is 1. The maximum absolute atomic E-state index is 12.9. The lowest BCUT2D eigenvalue weighted by atomic mass is 10.0. The Morgan fingerprint density at radius 2 is 2.07 bits per heavy atom. The molecular weight excluding hydrogens is 188 g/mol. The molecule has 4 heteroatoms. The van der Waals surface area contributed by atoms with Crippen LogP contribution in [0.4, 0.5) is 8.78 Å². The Morgan fingerprint density at radius 3 is 2.64 bits per heavy atom. The van der Waals surface area contributed by atoms with Gasteiger partial charge in [0.25, 0.3) is 0 Å². The first kappa shape index (κ1) is 9.55. The van der Waals surface area contributed by atoms with E-state index >= 15 is 0 Å². The van der Waals surface area contributed by atoms with Crippen molar-refractivity contribution in [1.82, 2.24) is 5.32 Å². The standard InChI is InChI=1S/C10H11F2NO/c11-8-2-1-6(3-9(8)12)10-4-7(14)5-13-10/h1-3,7,10,13-14H,4-5H2/t7-,10-/m1/s1. The highest BCUT2D eigenvalue weighted by atomic mass is 19.2. The molecule has 2 rings (SSSR count). The molecule has 0 amide bonds. The van der Waals surface area contributed by atoms with Gasteiger partial charge in [0, 0.05) is 12.6 Å². The van der Waals surface area contributed by atoms with Crippen LogP contribution >= 0.6 is 0 Å². The van der Waals surface area contributed by atoms with Gasteiger partial charge in [0.15, 0.2) is 11.6 Å². The summed E-state index contributed by atoms with van der Waals surface area (Å²) in [7, 11) is 0. The van der Waals surface area contributed by atoms with Gasteiger partial charge in [0.1, 0.15) is 0 Å². The quantitative estimate of drug-likeness (QED) is 0.715. The molecule has 0 bridgehead atoms. The first-order valence-corrected chi connectivity index (χ1v) is 4.53. The monoisotopic (exact) mass is 199 g/mol. The Balaban J connectivity index is 2.20. The number of hydrogen-bond acceptors (Lipinski definition) is 2. The van der Waals surface area contributed by atoms with Gasteiger partial charge in [-0.05, 0) is 24.1 Å². The average Bonchev–Trinajstić information content (AvgIpc) is 2.57. The molecule has 0 aliphatic carbocycles. The van der Waals surface area contributed by atoms with Gasteiger partial charge < -0.3 is 10.4 Å². The van der Waals surface area contributed by atoms with Gasteiger partial charge in [-0.3, -0.25) is 0 Å². The summed E-state index contributed by atoms with van der Waals surface area (Å²) in [5.41, 5.74) is 0.681. The minimum atomic E-state index is -0.842. The van der Waals surface area contributed by atoms with Crippen LogP contribution in [-0.4, -0.2) is 17.8 Å². The fraction of sp³-hybridized carbons (Fsp3) is 0.400. The largest absolute Gasteiger partial charge is 0.392 e. The summed E-state index contributed by atoms with van der Waals surface area (Å²) in [6.07, 6.45) is 0.151. The van der Waals surface area contributed by atoms with Crippen LogP contribution in [0.3, 0.4) is 0 Å². The second-order valence-electron chi connectivity index (χ2n) is 3.52. The van der Waals surface area contributed by atoms with Gasteiger partial charge in [-0.15, -0.1) is 0 Å². The van der Waals surface area contributed by atoms with Crippen molar-refractivity contribution in [3.05, 3.63) is 35.4 Å². The molecule has 2 atom stereocenters. The number of hydrogen-bond donors (Lipinski definition) is 2. The topological polar surface area (TPSA) is 32.3 Å². The molecule has 1 saturated heterocycles. The van der Waals surface area contributed by atoms with Gasteiger partial charge in [-0.1, -0.05) is 6.07 Å². The predicted molar refractivity (Wildman–Crippen MR) is 47.7 cm³/mol. The number of halogens is 2. The fourth-order valence-corrected chi connectivity index (χ4v) is 1.70. The van der Waals surface area contributed by atoms with Gasteiger partial charge in [0.2, 0.25) is 0 Å². The minimum absolute atomic E-state index is 0.0694. The predicted octanol–water partition coefficient (Wildman–Crippen LogP) is 1.36. The summed E-state index contributed by atoms with van der Waals surface area (Å²) in [6.45, 7) is 0.504. The Hall–Kier alpha value is -1.00. The second-order valence-corrected chi connectivity index (χ2v) is 3.52. The fourth-order valence-electron chi connectivity index (χ4n) is 1.70. The molecule has 2 N–H and O–H groups in total. The maximum Gasteiger partial charge on any atom is 0.159 e. The number of benzene rings is 1. The van der Waals surface area contributed by atoms with E-state index in [-0.39, 0.29) is 6.04 Å². The molecule has 1 aliphatic heterocycles. The SMILES string of the molecule is O[C@H]1CN[C@@H](c2ccc(F)c(F)c2)C1. The maximum atomic E-state index is 12.9. The lowest BCUT2D eigenvalue weighted by molar-refractivity contribution is 0.193. The molecule has 1 aromatic carbocycles. The lowest BCUT2D eigenvalue weighted by Gasteiger charge is -2.10. The van der Waals surface area contributed by atoms with Crippen LogP contribution in [-0.2, 0) is 0 Å². The van der Waals surface area contributed by atoms with Crippen LogP contribution < -0.4 is 5.32 Å². The molecule has 2 nitrogen and oxygen atoms in total. The summed E-state index contributed by atoms with van der Waals surface area (Å²) in [6, 6.07) is 3.75. The van der Waals surface area contributed by atoms with Gasteiger partial charge >= 0.3 is 0 Å². The summed E-state index contributed by atoms with van der Waals surface area (Å²) < 4.78 is 25.5. The summed E-state index contributed by atoms with van der Waals surface area (Å²) >= 11 is 0. The molecule has 1 fully saturated rings. The molecule has 0 spiro atoms. The van der Waals surface area contributed by atoms with Crippen LogP contribution in [0.15, 0.2) is 18.2 Å². The van der Waals surface area contributed by atoms with Crippen molar-refractivity contribution in [1.29, 1.82) is 0 Å². The van der Waals surface area contributed by atoms with Gasteiger partial charge in [0.05, 0.1) is 6.10 Å². The highest BCUT2D eigenvalue weighted by Gasteiger charge is 2.23. The number of β-amino-alcohol motifs (C(OH)–C–C–N with tert-alkyl or cyclic N) is 1. The van der Waals surface area contributed by atoms with E-state index in [4.69, 9.17) is 0 Å². The van der Waals surface area contributed by atoms with Gasteiger partial charge in [-0.2, -0.15) is 0 Å². The molecular formula is C10H11F2NO. The van der Waals surface area contributed by atoms with Crippen LogP contribution in [0.1, 0.15) is 18.0 Å². The van der Waals surface area contributed by atoms with Crippen LogP contribution in [0.2, 0.25) is 0 Å². The summed E-state index contributed by atoms with van der Waals surface area (Å²) in [5, 5.41) is 12.3. The highest BCUT2D eigenvalue weighted by Crippen LogP contribution is 2.24. The first-order chi connectivity index (χ1) is 6.66. The molecule has 1 heterocycles. The lowest BCUT2D eigenvalue weighted by Crippen LogP contribution is -2.15. The van der Waals surface area contributed by atoms with Crippen molar-refractivity contribution in [3.8, 4) is 0 Å².